The molecule has 1 amide bonds. The first-order chi connectivity index (χ1) is 11.0. The molecule has 0 aromatic carbocycles. The molecule has 2 aromatic rings. The van der Waals surface area contributed by atoms with Crippen molar-refractivity contribution in [3.63, 3.8) is 0 Å². The van der Waals surface area contributed by atoms with Gasteiger partial charge < -0.3 is 10.5 Å². The van der Waals surface area contributed by atoms with Crippen molar-refractivity contribution in [1.82, 2.24) is 9.55 Å². The minimum absolute atomic E-state index is 0.0424. The number of aryl methyl sites for hydroxylation is 1. The Morgan fingerprint density at radius 2 is 2.13 bits per heavy atom. The maximum Gasteiger partial charge on any atom is 0.326 e. The Labute approximate surface area is 136 Å². The van der Waals surface area contributed by atoms with Crippen molar-refractivity contribution in [2.24, 2.45) is 5.73 Å². The third kappa shape index (κ3) is 2.98. The predicted octanol–water partition coefficient (Wildman–Crippen LogP) is 1.35. The molecule has 0 aliphatic heterocycles. The van der Waals surface area contributed by atoms with E-state index in [1.54, 1.807) is 6.92 Å². The van der Waals surface area contributed by atoms with Gasteiger partial charge in [0.05, 0.1) is 16.6 Å². The van der Waals surface area contributed by atoms with Gasteiger partial charge in [0.25, 0.3) is 11.5 Å². The van der Waals surface area contributed by atoms with Crippen LogP contribution in [0.25, 0.3) is 10.2 Å². The van der Waals surface area contributed by atoms with Crippen LogP contribution >= 0.6 is 11.3 Å². The molecular formula is C15H17N3O4S. The number of hydrogen-bond acceptors (Lipinski definition) is 6. The minimum Gasteiger partial charge on any atom is -0.461 e. The zero-order chi connectivity index (χ0) is 16.6. The number of amides is 1. The molecule has 122 valence electrons. The number of nitrogens with two attached hydrogens (primary N) is 1. The quantitative estimate of drug-likeness (QED) is 0.849. The summed E-state index contributed by atoms with van der Waals surface area (Å²) in [5.74, 6) is -1.03. The Balaban J connectivity index is 1.88. The number of thiophene rings is 1. The average Bonchev–Trinajstić information content (AvgIpc) is 3.10. The molecule has 0 saturated heterocycles. The van der Waals surface area contributed by atoms with Gasteiger partial charge >= 0.3 is 5.97 Å². The van der Waals surface area contributed by atoms with Gasteiger partial charge in [0, 0.05) is 0 Å². The van der Waals surface area contributed by atoms with Gasteiger partial charge in [0.2, 0.25) is 0 Å². The lowest BCUT2D eigenvalue weighted by molar-refractivity contribution is -0.149. The summed E-state index contributed by atoms with van der Waals surface area (Å²) in [5.41, 5.74) is 5.45. The van der Waals surface area contributed by atoms with Crippen LogP contribution in [0.4, 0.5) is 0 Å². The van der Waals surface area contributed by atoms with Crippen LogP contribution in [-0.2, 0) is 16.1 Å². The van der Waals surface area contributed by atoms with Crippen LogP contribution in [0.3, 0.4) is 0 Å². The fourth-order valence-corrected chi connectivity index (χ4v) is 3.87. The lowest BCUT2D eigenvalue weighted by atomic mass is 10.2. The first-order valence-electron chi connectivity index (χ1n) is 7.45. The number of ether oxygens (including phenoxy) is 1. The average molecular weight is 335 g/mol. The third-order valence-corrected chi connectivity index (χ3v) is 5.26. The number of carbonyl (C=O) groups is 2. The number of primary amides is 1. The molecule has 1 saturated carbocycles. The van der Waals surface area contributed by atoms with Crippen LogP contribution in [0.15, 0.2) is 11.1 Å². The molecule has 0 spiro atoms. The van der Waals surface area contributed by atoms with E-state index in [9.17, 15) is 14.4 Å². The molecule has 23 heavy (non-hydrogen) atoms. The summed E-state index contributed by atoms with van der Waals surface area (Å²) < 4.78 is 6.57. The first-order valence-corrected chi connectivity index (χ1v) is 8.27. The topological polar surface area (TPSA) is 104 Å². The number of aromatic nitrogens is 2. The highest BCUT2D eigenvalue weighted by Crippen LogP contribution is 2.26. The van der Waals surface area contributed by atoms with Crippen molar-refractivity contribution in [3.8, 4) is 0 Å². The maximum atomic E-state index is 12.5. The summed E-state index contributed by atoms with van der Waals surface area (Å²) in [6.45, 7) is 1.47. The zero-order valence-electron chi connectivity index (χ0n) is 12.7. The number of hydrogen-bond donors (Lipinski definition) is 1. The Morgan fingerprint density at radius 3 is 2.78 bits per heavy atom. The van der Waals surface area contributed by atoms with Crippen LogP contribution in [-0.4, -0.2) is 27.5 Å². The molecule has 0 bridgehead atoms. The van der Waals surface area contributed by atoms with E-state index in [1.807, 2.05) is 0 Å². The smallest absolute Gasteiger partial charge is 0.326 e. The molecule has 7 nitrogen and oxygen atoms in total. The lowest BCUT2D eigenvalue weighted by Crippen LogP contribution is -2.27. The van der Waals surface area contributed by atoms with E-state index in [1.165, 1.54) is 10.9 Å². The fourth-order valence-electron chi connectivity index (χ4n) is 2.88. The standard InChI is InChI=1S/C15H17N3O4S/c1-8-11-14(23-12(8)13(16)20)17-7-18(15(11)21)6-10(19)22-9-4-2-3-5-9/h7,9H,2-6H2,1H3,(H2,16,20). The minimum atomic E-state index is -0.586. The van der Waals surface area contributed by atoms with Gasteiger partial charge in [-0.3, -0.25) is 19.0 Å². The van der Waals surface area contributed by atoms with Crippen LogP contribution in [0.2, 0.25) is 0 Å². The van der Waals surface area contributed by atoms with Crippen molar-refractivity contribution < 1.29 is 14.3 Å². The second-order valence-electron chi connectivity index (χ2n) is 5.67. The summed E-state index contributed by atoms with van der Waals surface area (Å²) in [7, 11) is 0. The number of carbonyl (C=O) groups excluding carboxylic acids is 2. The molecule has 8 heteroatoms. The van der Waals surface area contributed by atoms with E-state index in [4.69, 9.17) is 10.5 Å². The molecular weight excluding hydrogens is 318 g/mol. The highest BCUT2D eigenvalue weighted by molar-refractivity contribution is 7.20. The molecule has 1 fully saturated rings. The van der Waals surface area contributed by atoms with Crippen LogP contribution in [0.1, 0.15) is 40.9 Å². The van der Waals surface area contributed by atoms with Crippen molar-refractivity contribution in [3.05, 3.63) is 27.1 Å². The zero-order valence-corrected chi connectivity index (χ0v) is 13.5. The van der Waals surface area contributed by atoms with E-state index >= 15 is 0 Å². The predicted molar refractivity (Wildman–Crippen MR) is 85.5 cm³/mol. The third-order valence-electron chi connectivity index (χ3n) is 4.04. The fraction of sp³-hybridized carbons (Fsp3) is 0.467. The molecule has 2 aromatic heterocycles. The summed E-state index contributed by atoms with van der Waals surface area (Å²) >= 11 is 1.08. The summed E-state index contributed by atoms with van der Waals surface area (Å²) in [4.78, 5) is 40.8. The molecule has 0 unspecified atom stereocenters. The van der Waals surface area contributed by atoms with Gasteiger partial charge in [-0.05, 0) is 38.2 Å². The van der Waals surface area contributed by atoms with Crippen LogP contribution < -0.4 is 11.3 Å². The molecule has 1 aliphatic carbocycles. The Bertz CT molecular complexity index is 833. The SMILES string of the molecule is Cc1c(C(N)=O)sc2ncn(CC(=O)OC3CCCC3)c(=O)c12. The number of fused-ring (bicyclic) bond motifs is 1. The Hall–Kier alpha value is -2.22. The van der Waals surface area contributed by atoms with Gasteiger partial charge in [-0.1, -0.05) is 0 Å². The highest BCUT2D eigenvalue weighted by atomic mass is 32.1. The van der Waals surface area contributed by atoms with Gasteiger partial charge in [-0.15, -0.1) is 11.3 Å². The summed E-state index contributed by atoms with van der Waals surface area (Å²) in [6.07, 6.45) is 5.15. The van der Waals surface area contributed by atoms with E-state index in [0.717, 1.165) is 37.0 Å². The van der Waals surface area contributed by atoms with E-state index in [2.05, 4.69) is 4.98 Å². The van der Waals surface area contributed by atoms with Crippen molar-refractivity contribution in [1.29, 1.82) is 0 Å². The maximum absolute atomic E-state index is 12.5. The molecule has 0 radical (unpaired) electrons. The molecule has 3 rings (SSSR count). The van der Waals surface area contributed by atoms with E-state index in [0.29, 0.717) is 20.7 Å². The van der Waals surface area contributed by atoms with Gasteiger partial charge in [-0.25, -0.2) is 4.98 Å². The second kappa shape index (κ2) is 6.11. The molecule has 2 N–H and O–H groups in total. The summed E-state index contributed by atoms with van der Waals surface area (Å²) in [5, 5.41) is 0.333. The van der Waals surface area contributed by atoms with Crippen LogP contribution in [0.5, 0.6) is 0 Å². The second-order valence-corrected chi connectivity index (χ2v) is 6.67. The number of rotatable bonds is 4. The van der Waals surface area contributed by atoms with Gasteiger partial charge in [-0.2, -0.15) is 0 Å². The first kappa shape index (κ1) is 15.7. The van der Waals surface area contributed by atoms with Crippen molar-refractivity contribution in [2.75, 3.05) is 0 Å². The Morgan fingerprint density at radius 1 is 1.43 bits per heavy atom. The van der Waals surface area contributed by atoms with Crippen LogP contribution in [0, 0.1) is 6.92 Å². The lowest BCUT2D eigenvalue weighted by Gasteiger charge is -2.12. The molecule has 2 heterocycles. The highest BCUT2D eigenvalue weighted by Gasteiger charge is 2.21. The summed E-state index contributed by atoms with van der Waals surface area (Å²) in [6, 6.07) is 0. The van der Waals surface area contributed by atoms with E-state index in [-0.39, 0.29) is 18.2 Å². The van der Waals surface area contributed by atoms with Gasteiger partial charge in [0.15, 0.2) is 0 Å². The largest absolute Gasteiger partial charge is 0.461 e. The Kier molecular flexibility index (Phi) is 4.16. The molecule has 1 aliphatic rings. The van der Waals surface area contributed by atoms with Crippen molar-refractivity contribution >= 4 is 33.4 Å². The van der Waals surface area contributed by atoms with Crippen molar-refractivity contribution in [2.45, 2.75) is 45.3 Å². The monoisotopic (exact) mass is 335 g/mol. The normalized spacial score (nSPS) is 15.2. The number of nitrogens with zero attached hydrogens (tertiary/aromatic N) is 2. The van der Waals surface area contributed by atoms with E-state index < -0.39 is 11.9 Å². The van der Waals surface area contributed by atoms with Gasteiger partial charge in [0.1, 0.15) is 17.5 Å². The molecule has 0 atom stereocenters. The number of esters is 1.